The second-order valence-electron chi connectivity index (χ2n) is 7.56. The summed E-state index contributed by atoms with van der Waals surface area (Å²) >= 11 is 6.16. The topological polar surface area (TPSA) is 57.7 Å². The first-order valence-corrected chi connectivity index (χ1v) is 10.9. The summed E-state index contributed by atoms with van der Waals surface area (Å²) in [6, 6.07) is 4.89. The molecule has 3 rings (SSSR count). The van der Waals surface area contributed by atoms with Crippen LogP contribution in [-0.2, 0) is 9.84 Å². The van der Waals surface area contributed by atoms with Gasteiger partial charge in [0, 0.05) is 36.3 Å². The Morgan fingerprint density at radius 3 is 2.56 bits per heavy atom. The molecule has 0 aromatic heterocycles. The van der Waals surface area contributed by atoms with Gasteiger partial charge in [0.1, 0.15) is 0 Å². The highest BCUT2D eigenvalue weighted by Crippen LogP contribution is 2.29. The Balaban J connectivity index is 1.87. The molecule has 5 nitrogen and oxygen atoms in total. The molecule has 138 valence electrons. The molecule has 0 spiro atoms. The first-order chi connectivity index (χ1) is 11.7. The second-order valence-corrected chi connectivity index (χ2v) is 10.1. The number of piperazine rings is 1. The maximum atomic E-state index is 13.0. The van der Waals surface area contributed by atoms with E-state index in [0.717, 1.165) is 12.1 Å². The quantitative estimate of drug-likeness (QED) is 0.801. The van der Waals surface area contributed by atoms with Crippen LogP contribution in [0.15, 0.2) is 18.2 Å². The molecular weight excluding hydrogens is 360 g/mol. The van der Waals surface area contributed by atoms with E-state index in [1.165, 1.54) is 0 Å². The largest absolute Gasteiger partial charge is 0.332 e. The number of nitrogens with zero attached hydrogens (tertiary/aromatic N) is 2. The van der Waals surface area contributed by atoms with E-state index >= 15 is 0 Å². The zero-order valence-electron chi connectivity index (χ0n) is 14.9. The molecule has 1 aromatic rings. The Bertz CT molecular complexity index is 779. The van der Waals surface area contributed by atoms with Crippen LogP contribution in [0, 0.1) is 12.8 Å². The number of benzene rings is 1. The molecule has 2 fully saturated rings. The number of hydrogen-bond donors (Lipinski definition) is 0. The van der Waals surface area contributed by atoms with Crippen molar-refractivity contribution in [2.45, 2.75) is 32.9 Å². The van der Waals surface area contributed by atoms with Gasteiger partial charge in [-0.05, 0) is 30.5 Å². The Morgan fingerprint density at radius 1 is 1.24 bits per heavy atom. The third kappa shape index (κ3) is 3.86. The van der Waals surface area contributed by atoms with Gasteiger partial charge in [-0.2, -0.15) is 0 Å². The van der Waals surface area contributed by atoms with Crippen molar-refractivity contribution < 1.29 is 13.2 Å². The summed E-state index contributed by atoms with van der Waals surface area (Å²) in [5.74, 6) is 0.528. The van der Waals surface area contributed by atoms with Crippen LogP contribution >= 0.6 is 11.6 Å². The number of carbonyl (C=O) groups is 1. The molecule has 2 aliphatic heterocycles. The predicted octanol–water partition coefficient (Wildman–Crippen LogP) is 2.23. The highest BCUT2D eigenvalue weighted by Gasteiger charge is 2.48. The lowest BCUT2D eigenvalue weighted by Crippen LogP contribution is -2.61. The molecule has 2 saturated heterocycles. The van der Waals surface area contributed by atoms with Gasteiger partial charge in [0.25, 0.3) is 5.91 Å². The third-order valence-electron chi connectivity index (χ3n) is 5.07. The van der Waals surface area contributed by atoms with E-state index in [-0.39, 0.29) is 29.5 Å². The number of halogens is 1. The zero-order chi connectivity index (χ0) is 18.4. The predicted molar refractivity (Wildman–Crippen MR) is 99.9 cm³/mol. The summed E-state index contributed by atoms with van der Waals surface area (Å²) in [5, 5.41) is 0.555. The first-order valence-electron chi connectivity index (χ1n) is 8.69. The number of sulfone groups is 1. The van der Waals surface area contributed by atoms with E-state index in [1.807, 2.05) is 13.0 Å². The number of carbonyl (C=O) groups excluding carboxylic acids is 1. The molecule has 7 heteroatoms. The summed E-state index contributed by atoms with van der Waals surface area (Å²) < 4.78 is 24.5. The normalized spacial score (nSPS) is 26.0. The monoisotopic (exact) mass is 384 g/mol. The van der Waals surface area contributed by atoms with Gasteiger partial charge < -0.3 is 4.90 Å². The number of aryl methyl sites for hydroxylation is 1. The molecule has 2 heterocycles. The summed E-state index contributed by atoms with van der Waals surface area (Å²) in [4.78, 5) is 17.0. The smallest absolute Gasteiger partial charge is 0.254 e. The van der Waals surface area contributed by atoms with Gasteiger partial charge in [0.15, 0.2) is 9.84 Å². The van der Waals surface area contributed by atoms with E-state index < -0.39 is 9.84 Å². The Morgan fingerprint density at radius 2 is 1.92 bits per heavy atom. The molecule has 0 unspecified atom stereocenters. The molecule has 2 atom stereocenters. The van der Waals surface area contributed by atoms with Crippen LogP contribution in [0.5, 0.6) is 0 Å². The lowest BCUT2D eigenvalue weighted by atomic mass is 10.0. The van der Waals surface area contributed by atoms with E-state index in [9.17, 15) is 13.2 Å². The van der Waals surface area contributed by atoms with Crippen molar-refractivity contribution in [1.29, 1.82) is 0 Å². The lowest BCUT2D eigenvalue weighted by molar-refractivity contribution is 0.0297. The number of hydrogen-bond acceptors (Lipinski definition) is 4. The molecule has 2 aliphatic rings. The minimum atomic E-state index is -3.12. The lowest BCUT2D eigenvalue weighted by Gasteiger charge is -2.44. The van der Waals surface area contributed by atoms with Crippen molar-refractivity contribution in [3.8, 4) is 0 Å². The minimum absolute atomic E-state index is 0.0532. The van der Waals surface area contributed by atoms with Gasteiger partial charge in [-0.1, -0.05) is 31.5 Å². The summed E-state index contributed by atoms with van der Waals surface area (Å²) in [7, 11) is -3.12. The molecule has 0 aliphatic carbocycles. The molecule has 0 N–H and O–H groups in total. The van der Waals surface area contributed by atoms with E-state index in [4.69, 9.17) is 11.6 Å². The second kappa shape index (κ2) is 6.89. The van der Waals surface area contributed by atoms with Crippen LogP contribution in [0.4, 0.5) is 0 Å². The molecule has 25 heavy (non-hydrogen) atoms. The first kappa shape index (κ1) is 18.7. The van der Waals surface area contributed by atoms with Gasteiger partial charge in [0.05, 0.1) is 17.5 Å². The maximum Gasteiger partial charge on any atom is 0.254 e. The summed E-state index contributed by atoms with van der Waals surface area (Å²) in [6.45, 7) is 8.26. The van der Waals surface area contributed by atoms with Crippen molar-refractivity contribution in [1.82, 2.24) is 9.80 Å². The van der Waals surface area contributed by atoms with Crippen LogP contribution < -0.4 is 0 Å². The molecule has 1 amide bonds. The van der Waals surface area contributed by atoms with Gasteiger partial charge in [0.2, 0.25) is 0 Å². The van der Waals surface area contributed by atoms with Crippen LogP contribution in [0.1, 0.15) is 29.8 Å². The van der Waals surface area contributed by atoms with Crippen LogP contribution in [0.3, 0.4) is 0 Å². The number of fused-ring (bicyclic) bond motifs is 1. The third-order valence-corrected chi connectivity index (χ3v) is 7.18. The fraction of sp³-hybridized carbons (Fsp3) is 0.611. The Labute approximate surface area is 154 Å². The van der Waals surface area contributed by atoms with E-state index in [0.29, 0.717) is 29.6 Å². The molecule has 1 aromatic carbocycles. The molecular formula is C18H25ClN2O3S. The Hall–Kier alpha value is -1.11. The zero-order valence-corrected chi connectivity index (χ0v) is 16.5. The fourth-order valence-electron chi connectivity index (χ4n) is 3.86. The van der Waals surface area contributed by atoms with E-state index in [2.05, 4.69) is 18.7 Å². The Kier molecular flexibility index (Phi) is 5.15. The fourth-order valence-corrected chi connectivity index (χ4v) is 6.06. The van der Waals surface area contributed by atoms with Crippen molar-refractivity contribution in [2.75, 3.05) is 31.1 Å². The maximum absolute atomic E-state index is 13.0. The highest BCUT2D eigenvalue weighted by molar-refractivity contribution is 7.91. The SMILES string of the molecule is Cc1ccc(C(=O)N2CCN(CC(C)C)[C@@H]3CS(=O)(=O)C[C@@H]32)cc1Cl. The van der Waals surface area contributed by atoms with Crippen LogP contribution in [-0.4, -0.2) is 67.3 Å². The average molecular weight is 385 g/mol. The molecule has 0 saturated carbocycles. The molecule has 0 bridgehead atoms. The van der Waals surface area contributed by atoms with Gasteiger partial charge >= 0.3 is 0 Å². The number of amides is 1. The standard InChI is InChI=1S/C18H25ClN2O3S/c1-12(2)9-20-6-7-21(17-11-25(23,24)10-16(17)20)18(22)14-5-4-13(3)15(19)8-14/h4-5,8,12,16-17H,6-7,9-11H2,1-3H3/t16-,17+/m1/s1. The van der Waals surface area contributed by atoms with Gasteiger partial charge in [-0.3, -0.25) is 9.69 Å². The van der Waals surface area contributed by atoms with Crippen molar-refractivity contribution in [3.05, 3.63) is 34.3 Å². The number of rotatable bonds is 3. The summed E-state index contributed by atoms with van der Waals surface area (Å²) in [5.41, 5.74) is 1.44. The summed E-state index contributed by atoms with van der Waals surface area (Å²) in [6.07, 6.45) is 0. The van der Waals surface area contributed by atoms with Crippen molar-refractivity contribution in [3.63, 3.8) is 0 Å². The molecule has 0 radical (unpaired) electrons. The highest BCUT2D eigenvalue weighted by atomic mass is 35.5. The minimum Gasteiger partial charge on any atom is -0.332 e. The van der Waals surface area contributed by atoms with Crippen LogP contribution in [0.2, 0.25) is 5.02 Å². The van der Waals surface area contributed by atoms with Gasteiger partial charge in [-0.25, -0.2) is 8.42 Å². The van der Waals surface area contributed by atoms with Gasteiger partial charge in [-0.15, -0.1) is 0 Å². The average Bonchev–Trinajstić information content (AvgIpc) is 2.85. The van der Waals surface area contributed by atoms with Crippen LogP contribution in [0.25, 0.3) is 0 Å². The van der Waals surface area contributed by atoms with Crippen molar-refractivity contribution >= 4 is 27.3 Å². The van der Waals surface area contributed by atoms with E-state index in [1.54, 1.807) is 17.0 Å². The van der Waals surface area contributed by atoms with Crippen molar-refractivity contribution in [2.24, 2.45) is 5.92 Å².